The summed E-state index contributed by atoms with van der Waals surface area (Å²) >= 11 is 12.6. The topological polar surface area (TPSA) is 49.4 Å². The molecule has 29 heavy (non-hydrogen) atoms. The molecule has 0 heterocycles. The first-order chi connectivity index (χ1) is 13.6. The van der Waals surface area contributed by atoms with Crippen molar-refractivity contribution < 1.29 is 9.59 Å². The van der Waals surface area contributed by atoms with Crippen LogP contribution in [0.3, 0.4) is 0 Å². The van der Waals surface area contributed by atoms with Crippen molar-refractivity contribution in [1.29, 1.82) is 0 Å². The summed E-state index contributed by atoms with van der Waals surface area (Å²) in [5.74, 6) is -0.338. The Morgan fingerprint density at radius 1 is 1.00 bits per heavy atom. The number of hydrogen-bond donors (Lipinski definition) is 1. The zero-order chi connectivity index (χ0) is 21.6. The zero-order valence-corrected chi connectivity index (χ0v) is 18.8. The molecule has 6 heteroatoms. The fourth-order valence-electron chi connectivity index (χ4n) is 2.95. The van der Waals surface area contributed by atoms with Gasteiger partial charge < -0.3 is 10.2 Å². The van der Waals surface area contributed by atoms with Crippen LogP contribution in [-0.2, 0) is 22.6 Å². The van der Waals surface area contributed by atoms with Gasteiger partial charge in [-0.15, -0.1) is 0 Å². The second-order valence-electron chi connectivity index (χ2n) is 8.12. The standard InChI is InChI=1S/C23H28Cl2N2O2/c1-16(22(29)26-23(2,3)4)27(15-18-19(24)11-8-12-20(18)25)21(28)14-13-17-9-6-5-7-10-17/h5-12,16H,13-15H2,1-4H3,(H,26,29). The van der Waals surface area contributed by atoms with E-state index in [9.17, 15) is 9.59 Å². The number of hydrogen-bond acceptors (Lipinski definition) is 2. The van der Waals surface area contributed by atoms with Gasteiger partial charge in [0.15, 0.2) is 0 Å². The van der Waals surface area contributed by atoms with Gasteiger partial charge in [0, 0.05) is 34.1 Å². The Labute approximate surface area is 183 Å². The normalized spacial score (nSPS) is 12.3. The molecule has 1 unspecified atom stereocenters. The highest BCUT2D eigenvalue weighted by atomic mass is 35.5. The number of carbonyl (C=O) groups excluding carboxylic acids is 2. The third kappa shape index (κ3) is 7.06. The molecule has 0 saturated carbocycles. The average molecular weight is 435 g/mol. The fraction of sp³-hybridized carbons (Fsp3) is 0.391. The molecule has 0 saturated heterocycles. The van der Waals surface area contributed by atoms with Gasteiger partial charge >= 0.3 is 0 Å². The largest absolute Gasteiger partial charge is 0.350 e. The summed E-state index contributed by atoms with van der Waals surface area (Å²) in [6.07, 6.45) is 0.888. The number of halogens is 2. The van der Waals surface area contributed by atoms with Gasteiger partial charge in [0.05, 0.1) is 0 Å². The van der Waals surface area contributed by atoms with E-state index in [0.717, 1.165) is 5.56 Å². The monoisotopic (exact) mass is 434 g/mol. The number of nitrogens with zero attached hydrogens (tertiary/aromatic N) is 1. The second-order valence-corrected chi connectivity index (χ2v) is 8.94. The maximum absolute atomic E-state index is 13.1. The molecule has 0 aliphatic rings. The molecular formula is C23H28Cl2N2O2. The molecule has 156 valence electrons. The third-order valence-electron chi connectivity index (χ3n) is 4.53. The van der Waals surface area contributed by atoms with E-state index in [1.807, 2.05) is 51.1 Å². The number of aryl methyl sites for hydroxylation is 1. The molecule has 0 fully saturated rings. The number of nitrogens with one attached hydrogen (secondary N) is 1. The van der Waals surface area contributed by atoms with Crippen LogP contribution in [0.2, 0.25) is 10.0 Å². The molecule has 1 N–H and O–H groups in total. The lowest BCUT2D eigenvalue weighted by atomic mass is 10.1. The van der Waals surface area contributed by atoms with E-state index < -0.39 is 11.6 Å². The van der Waals surface area contributed by atoms with Crippen LogP contribution in [0.5, 0.6) is 0 Å². The van der Waals surface area contributed by atoms with Crippen LogP contribution in [0.25, 0.3) is 0 Å². The second kappa shape index (κ2) is 10.1. The molecule has 1 atom stereocenters. The number of carbonyl (C=O) groups is 2. The molecular weight excluding hydrogens is 407 g/mol. The van der Waals surface area contributed by atoms with Crippen LogP contribution < -0.4 is 5.32 Å². The molecule has 0 bridgehead atoms. The molecule has 2 rings (SSSR count). The first-order valence-electron chi connectivity index (χ1n) is 9.67. The minimum absolute atomic E-state index is 0.124. The summed E-state index contributed by atoms with van der Waals surface area (Å²) in [5.41, 5.74) is 1.31. The Balaban J connectivity index is 2.24. The average Bonchev–Trinajstić information content (AvgIpc) is 2.65. The van der Waals surface area contributed by atoms with Gasteiger partial charge in [-0.2, -0.15) is 0 Å². The predicted molar refractivity (Wildman–Crippen MR) is 119 cm³/mol. The Kier molecular flexibility index (Phi) is 8.12. The van der Waals surface area contributed by atoms with Crippen molar-refractivity contribution in [3.63, 3.8) is 0 Å². The van der Waals surface area contributed by atoms with Crippen molar-refractivity contribution in [2.45, 2.75) is 58.7 Å². The minimum Gasteiger partial charge on any atom is -0.350 e. The lowest BCUT2D eigenvalue weighted by molar-refractivity contribution is -0.141. The lowest BCUT2D eigenvalue weighted by Crippen LogP contribution is -2.52. The lowest BCUT2D eigenvalue weighted by Gasteiger charge is -2.32. The third-order valence-corrected chi connectivity index (χ3v) is 5.23. The molecule has 0 aromatic heterocycles. The molecule has 0 radical (unpaired) electrons. The van der Waals surface area contributed by atoms with Gasteiger partial charge in [-0.25, -0.2) is 0 Å². The van der Waals surface area contributed by atoms with Crippen LogP contribution >= 0.6 is 23.2 Å². The minimum atomic E-state index is -0.662. The van der Waals surface area contributed by atoms with Gasteiger partial charge in [0.2, 0.25) is 11.8 Å². The van der Waals surface area contributed by atoms with Gasteiger partial charge in [-0.1, -0.05) is 59.6 Å². The van der Waals surface area contributed by atoms with Gasteiger partial charge in [-0.3, -0.25) is 9.59 Å². The molecule has 0 aliphatic heterocycles. The summed E-state index contributed by atoms with van der Waals surface area (Å²) in [4.78, 5) is 27.4. The fourth-order valence-corrected chi connectivity index (χ4v) is 3.47. The highest BCUT2D eigenvalue weighted by Crippen LogP contribution is 2.27. The summed E-state index contributed by atoms with van der Waals surface area (Å²) in [6, 6.07) is 14.4. The van der Waals surface area contributed by atoms with E-state index in [4.69, 9.17) is 23.2 Å². The van der Waals surface area contributed by atoms with Gasteiger partial charge in [-0.05, 0) is 51.8 Å². The van der Waals surface area contributed by atoms with Gasteiger partial charge in [0.1, 0.15) is 6.04 Å². The van der Waals surface area contributed by atoms with E-state index in [1.165, 1.54) is 0 Å². The van der Waals surface area contributed by atoms with Crippen molar-refractivity contribution >= 4 is 35.0 Å². The summed E-state index contributed by atoms with van der Waals surface area (Å²) in [7, 11) is 0. The Morgan fingerprint density at radius 2 is 1.59 bits per heavy atom. The summed E-state index contributed by atoms with van der Waals surface area (Å²) < 4.78 is 0. The first kappa shape index (κ1) is 23.2. The molecule has 4 nitrogen and oxygen atoms in total. The SMILES string of the molecule is CC(C(=O)NC(C)(C)C)N(Cc1c(Cl)cccc1Cl)C(=O)CCc1ccccc1. The van der Waals surface area contributed by atoms with Crippen molar-refractivity contribution in [3.05, 3.63) is 69.7 Å². The van der Waals surface area contributed by atoms with E-state index >= 15 is 0 Å². The molecule has 0 aliphatic carbocycles. The molecule has 2 aromatic rings. The smallest absolute Gasteiger partial charge is 0.242 e. The van der Waals surface area contributed by atoms with Crippen LogP contribution in [0.15, 0.2) is 48.5 Å². The van der Waals surface area contributed by atoms with Gasteiger partial charge in [0.25, 0.3) is 0 Å². The Bertz CT molecular complexity index is 827. The maximum Gasteiger partial charge on any atom is 0.242 e. The van der Waals surface area contributed by atoms with Crippen molar-refractivity contribution in [3.8, 4) is 0 Å². The molecule has 2 amide bonds. The Morgan fingerprint density at radius 3 is 2.14 bits per heavy atom. The summed E-state index contributed by atoms with van der Waals surface area (Å²) in [6.45, 7) is 7.62. The van der Waals surface area contributed by atoms with Crippen LogP contribution in [0.1, 0.15) is 45.2 Å². The van der Waals surface area contributed by atoms with Crippen molar-refractivity contribution in [1.82, 2.24) is 10.2 Å². The maximum atomic E-state index is 13.1. The first-order valence-corrected chi connectivity index (χ1v) is 10.4. The highest BCUT2D eigenvalue weighted by Gasteiger charge is 2.29. The van der Waals surface area contributed by atoms with Crippen LogP contribution in [0, 0.1) is 0 Å². The van der Waals surface area contributed by atoms with Crippen LogP contribution in [0.4, 0.5) is 0 Å². The molecule has 0 spiro atoms. The van der Waals surface area contributed by atoms with Crippen molar-refractivity contribution in [2.75, 3.05) is 0 Å². The highest BCUT2D eigenvalue weighted by molar-refractivity contribution is 6.36. The quantitative estimate of drug-likeness (QED) is 0.645. The van der Waals surface area contributed by atoms with Crippen molar-refractivity contribution in [2.24, 2.45) is 0 Å². The van der Waals surface area contributed by atoms with E-state index in [-0.39, 0.29) is 18.4 Å². The summed E-state index contributed by atoms with van der Waals surface area (Å²) in [5, 5.41) is 3.89. The Hall–Kier alpha value is -2.04. The number of rotatable bonds is 7. The predicted octanol–water partition coefficient (Wildman–Crippen LogP) is 5.26. The number of benzene rings is 2. The number of amides is 2. The molecule has 2 aromatic carbocycles. The van der Waals surface area contributed by atoms with E-state index in [0.29, 0.717) is 28.5 Å². The zero-order valence-electron chi connectivity index (χ0n) is 17.3. The van der Waals surface area contributed by atoms with E-state index in [2.05, 4.69) is 5.32 Å². The van der Waals surface area contributed by atoms with E-state index in [1.54, 1.807) is 30.0 Å². The van der Waals surface area contributed by atoms with Crippen LogP contribution in [-0.4, -0.2) is 28.3 Å².